The molecule has 1 aliphatic rings. The van der Waals surface area contributed by atoms with Gasteiger partial charge in [0.1, 0.15) is 11.3 Å². The maximum Gasteiger partial charge on any atom is 0.112 e. The maximum atomic E-state index is 5.97. The molecule has 4 nitrogen and oxygen atoms in total. The third-order valence-corrected chi connectivity index (χ3v) is 4.67. The van der Waals surface area contributed by atoms with Crippen molar-refractivity contribution in [3.8, 4) is 0 Å². The summed E-state index contributed by atoms with van der Waals surface area (Å²) in [5.41, 5.74) is 4.65. The molecule has 0 spiro atoms. The van der Waals surface area contributed by atoms with Crippen LogP contribution in [0.25, 0.3) is 11.0 Å². The van der Waals surface area contributed by atoms with Crippen LogP contribution in [0.3, 0.4) is 0 Å². The van der Waals surface area contributed by atoms with E-state index in [0.29, 0.717) is 0 Å². The molecule has 23 heavy (non-hydrogen) atoms. The van der Waals surface area contributed by atoms with Gasteiger partial charge in [-0.1, -0.05) is 17.7 Å². The number of rotatable bonds is 2. The first-order valence-electron chi connectivity index (χ1n) is 7.91. The van der Waals surface area contributed by atoms with E-state index in [4.69, 9.17) is 11.6 Å². The number of H-pyrrole nitrogens is 1. The summed E-state index contributed by atoms with van der Waals surface area (Å²) in [6, 6.07) is 14.4. The number of aromatic amines is 1. The second kappa shape index (κ2) is 5.78. The third kappa shape index (κ3) is 2.75. The van der Waals surface area contributed by atoms with Crippen molar-refractivity contribution in [3.63, 3.8) is 0 Å². The summed E-state index contributed by atoms with van der Waals surface area (Å²) in [5, 5.41) is 0.785. The largest absolute Gasteiger partial charge is 0.368 e. The Balaban J connectivity index is 1.53. The van der Waals surface area contributed by atoms with Gasteiger partial charge in [-0.05, 0) is 43.3 Å². The molecule has 0 radical (unpaired) electrons. The van der Waals surface area contributed by atoms with Gasteiger partial charge in [0.25, 0.3) is 0 Å². The average molecular weight is 327 g/mol. The highest BCUT2D eigenvalue weighted by Gasteiger charge is 2.19. The molecule has 2 aromatic carbocycles. The van der Waals surface area contributed by atoms with Gasteiger partial charge in [-0.15, -0.1) is 0 Å². The number of benzene rings is 2. The van der Waals surface area contributed by atoms with E-state index in [1.165, 1.54) is 11.4 Å². The zero-order chi connectivity index (χ0) is 15.8. The van der Waals surface area contributed by atoms with Gasteiger partial charge in [-0.2, -0.15) is 0 Å². The number of hydrogen-bond donors (Lipinski definition) is 1. The molecule has 1 fully saturated rings. The Kier molecular flexibility index (Phi) is 3.62. The normalized spacial score (nSPS) is 15.4. The molecular weight excluding hydrogens is 308 g/mol. The quantitative estimate of drug-likeness (QED) is 0.777. The Morgan fingerprint density at radius 2 is 1.65 bits per heavy atom. The number of imidazole rings is 1. The minimum absolute atomic E-state index is 0.785. The van der Waals surface area contributed by atoms with Crippen LogP contribution in [0.1, 0.15) is 5.82 Å². The lowest BCUT2D eigenvalue weighted by molar-refractivity contribution is 0.655. The SMILES string of the molecule is Cc1nc2c(N3CCN(c4ccc(Cl)cc4)CC3)cccc2[nH]1. The molecule has 0 aliphatic carbocycles. The third-order valence-electron chi connectivity index (χ3n) is 4.42. The van der Waals surface area contributed by atoms with Crippen molar-refractivity contribution in [1.82, 2.24) is 9.97 Å². The Hall–Kier alpha value is -2.20. The standard InChI is InChI=1S/C18H19ClN4/c1-13-20-16-3-2-4-17(18(16)21-13)23-11-9-22(10-12-23)15-7-5-14(19)6-8-15/h2-8H,9-12H2,1H3,(H,20,21). The second-order valence-electron chi connectivity index (χ2n) is 5.95. The van der Waals surface area contributed by atoms with E-state index in [9.17, 15) is 0 Å². The van der Waals surface area contributed by atoms with Crippen LogP contribution in [0.15, 0.2) is 42.5 Å². The Labute approximate surface area is 140 Å². The zero-order valence-electron chi connectivity index (χ0n) is 13.1. The van der Waals surface area contributed by atoms with Gasteiger partial charge in [-0.25, -0.2) is 4.98 Å². The zero-order valence-corrected chi connectivity index (χ0v) is 13.8. The van der Waals surface area contributed by atoms with E-state index in [1.54, 1.807) is 0 Å². The van der Waals surface area contributed by atoms with Gasteiger partial charge in [0.05, 0.1) is 11.2 Å². The van der Waals surface area contributed by atoms with Crippen molar-refractivity contribution in [2.45, 2.75) is 6.92 Å². The molecular formula is C18H19ClN4. The number of aromatic nitrogens is 2. The molecule has 2 heterocycles. The first-order valence-corrected chi connectivity index (χ1v) is 8.29. The Morgan fingerprint density at radius 1 is 0.957 bits per heavy atom. The number of nitrogens with zero attached hydrogens (tertiary/aromatic N) is 3. The molecule has 0 unspecified atom stereocenters. The van der Waals surface area contributed by atoms with Crippen molar-refractivity contribution in [2.24, 2.45) is 0 Å². The molecule has 1 aromatic heterocycles. The van der Waals surface area contributed by atoms with Gasteiger partial charge in [0.2, 0.25) is 0 Å². The van der Waals surface area contributed by atoms with E-state index >= 15 is 0 Å². The fourth-order valence-electron chi connectivity index (χ4n) is 3.25. The number of hydrogen-bond acceptors (Lipinski definition) is 3. The lowest BCUT2D eigenvalue weighted by Gasteiger charge is -2.37. The highest BCUT2D eigenvalue weighted by Crippen LogP contribution is 2.27. The van der Waals surface area contributed by atoms with Gasteiger partial charge in [-0.3, -0.25) is 0 Å². The van der Waals surface area contributed by atoms with E-state index in [0.717, 1.165) is 48.1 Å². The van der Waals surface area contributed by atoms with E-state index in [-0.39, 0.29) is 0 Å². The van der Waals surface area contributed by atoms with Crippen molar-refractivity contribution in [3.05, 3.63) is 53.3 Å². The highest BCUT2D eigenvalue weighted by molar-refractivity contribution is 6.30. The number of aryl methyl sites for hydroxylation is 1. The molecule has 4 rings (SSSR count). The summed E-state index contributed by atoms with van der Waals surface area (Å²) < 4.78 is 0. The predicted molar refractivity (Wildman–Crippen MR) is 96.7 cm³/mol. The van der Waals surface area contributed by atoms with Crippen LogP contribution in [-0.2, 0) is 0 Å². The smallest absolute Gasteiger partial charge is 0.112 e. The molecule has 118 valence electrons. The maximum absolute atomic E-state index is 5.97. The fourth-order valence-corrected chi connectivity index (χ4v) is 3.38. The van der Waals surface area contributed by atoms with Gasteiger partial charge >= 0.3 is 0 Å². The minimum atomic E-state index is 0.785. The van der Waals surface area contributed by atoms with Crippen LogP contribution < -0.4 is 9.80 Å². The number of halogens is 1. The molecule has 3 aromatic rings. The molecule has 1 aliphatic heterocycles. The topological polar surface area (TPSA) is 35.2 Å². The first kappa shape index (κ1) is 14.4. The summed E-state index contributed by atoms with van der Waals surface area (Å²) >= 11 is 5.97. The molecule has 1 N–H and O–H groups in total. The summed E-state index contributed by atoms with van der Waals surface area (Å²) in [7, 11) is 0. The number of anilines is 2. The van der Waals surface area contributed by atoms with Crippen molar-refractivity contribution in [1.29, 1.82) is 0 Å². The molecule has 5 heteroatoms. The van der Waals surface area contributed by atoms with Gasteiger partial charge in [0, 0.05) is 36.9 Å². The summed E-state index contributed by atoms with van der Waals surface area (Å²) in [4.78, 5) is 12.8. The van der Waals surface area contributed by atoms with Crippen LogP contribution in [0.2, 0.25) is 5.02 Å². The van der Waals surface area contributed by atoms with E-state index < -0.39 is 0 Å². The Bertz CT molecular complexity index is 817. The lowest BCUT2D eigenvalue weighted by atomic mass is 10.2. The van der Waals surface area contributed by atoms with Crippen LogP contribution in [0.5, 0.6) is 0 Å². The van der Waals surface area contributed by atoms with Gasteiger partial charge < -0.3 is 14.8 Å². The second-order valence-corrected chi connectivity index (χ2v) is 6.38. The van der Waals surface area contributed by atoms with Crippen LogP contribution in [0.4, 0.5) is 11.4 Å². The molecule has 0 bridgehead atoms. The van der Waals surface area contributed by atoms with E-state index in [1.807, 2.05) is 19.1 Å². The van der Waals surface area contributed by atoms with Crippen LogP contribution in [0, 0.1) is 6.92 Å². The number of piperazine rings is 1. The van der Waals surface area contributed by atoms with Crippen molar-refractivity contribution in [2.75, 3.05) is 36.0 Å². The summed E-state index contributed by atoms with van der Waals surface area (Å²) in [5.74, 6) is 0.965. The Morgan fingerprint density at radius 3 is 2.39 bits per heavy atom. The molecule has 1 saturated heterocycles. The van der Waals surface area contributed by atoms with Crippen molar-refractivity contribution >= 4 is 34.0 Å². The highest BCUT2D eigenvalue weighted by atomic mass is 35.5. The molecule has 0 saturated carbocycles. The molecule has 0 amide bonds. The van der Waals surface area contributed by atoms with Crippen LogP contribution >= 0.6 is 11.6 Å². The summed E-state index contributed by atoms with van der Waals surface area (Å²) in [6.07, 6.45) is 0. The van der Waals surface area contributed by atoms with E-state index in [2.05, 4.69) is 50.1 Å². The minimum Gasteiger partial charge on any atom is -0.368 e. The first-order chi connectivity index (χ1) is 11.2. The summed E-state index contributed by atoms with van der Waals surface area (Å²) in [6.45, 7) is 5.99. The molecule has 0 atom stereocenters. The average Bonchev–Trinajstić information content (AvgIpc) is 2.96. The monoisotopic (exact) mass is 326 g/mol. The number of fused-ring (bicyclic) bond motifs is 1. The lowest BCUT2D eigenvalue weighted by Crippen LogP contribution is -2.46. The van der Waals surface area contributed by atoms with Crippen LogP contribution in [-0.4, -0.2) is 36.1 Å². The fraction of sp³-hybridized carbons (Fsp3) is 0.278. The predicted octanol–water partition coefficient (Wildman–Crippen LogP) is 3.85. The number of para-hydroxylation sites is 1. The van der Waals surface area contributed by atoms with Crippen molar-refractivity contribution < 1.29 is 0 Å². The van der Waals surface area contributed by atoms with Gasteiger partial charge in [0.15, 0.2) is 0 Å². The number of nitrogens with one attached hydrogen (secondary N) is 1.